The predicted octanol–water partition coefficient (Wildman–Crippen LogP) is 3.87. The molecule has 1 fully saturated rings. The van der Waals surface area contributed by atoms with Crippen LogP contribution in [0.25, 0.3) is 11.0 Å². The van der Waals surface area contributed by atoms with Crippen molar-refractivity contribution in [2.75, 3.05) is 19.7 Å². The standard InChI is InChI=1S/C28H32N4O4/c1-3-36-28(35)21-13-15-30(16-14-21)25(33)17-24-27(34)31(18-20-9-5-4-6-10-20)19(2)26-29-22-11-7-8-12-23(22)32(24)26/h4-12,19,21,24H,3,13-18H2,1-2H3/t19-,24+/m1/s1. The molecule has 0 aliphatic carbocycles. The maximum atomic E-state index is 13.9. The lowest BCUT2D eigenvalue weighted by molar-refractivity contribution is -0.151. The molecule has 0 radical (unpaired) electrons. The average molecular weight is 489 g/mol. The van der Waals surface area contributed by atoms with E-state index < -0.39 is 6.04 Å². The highest BCUT2D eigenvalue weighted by atomic mass is 16.5. The Morgan fingerprint density at radius 1 is 1.03 bits per heavy atom. The van der Waals surface area contributed by atoms with E-state index in [9.17, 15) is 14.4 Å². The molecule has 0 bridgehead atoms. The van der Waals surface area contributed by atoms with Gasteiger partial charge < -0.3 is 19.1 Å². The normalized spacial score (nSPS) is 20.4. The topological polar surface area (TPSA) is 84.7 Å². The van der Waals surface area contributed by atoms with Crippen molar-refractivity contribution < 1.29 is 19.1 Å². The Bertz CT molecular complexity index is 1260. The number of nitrogens with zero attached hydrogens (tertiary/aromatic N) is 4. The smallest absolute Gasteiger partial charge is 0.309 e. The quantitative estimate of drug-likeness (QED) is 0.492. The van der Waals surface area contributed by atoms with E-state index in [-0.39, 0.29) is 36.2 Å². The maximum Gasteiger partial charge on any atom is 0.309 e. The molecule has 2 aliphatic heterocycles. The van der Waals surface area contributed by atoms with E-state index in [1.54, 1.807) is 11.8 Å². The summed E-state index contributed by atoms with van der Waals surface area (Å²) in [6.45, 7) is 5.60. The molecule has 8 heteroatoms. The second-order valence-electron chi connectivity index (χ2n) is 9.58. The number of ether oxygens (including phenoxy) is 1. The number of esters is 1. The molecule has 0 N–H and O–H groups in total. The minimum absolute atomic E-state index is 0.0638. The highest BCUT2D eigenvalue weighted by Crippen LogP contribution is 2.37. The van der Waals surface area contributed by atoms with Crippen LogP contribution in [0.1, 0.15) is 56.6 Å². The largest absolute Gasteiger partial charge is 0.466 e. The summed E-state index contributed by atoms with van der Waals surface area (Å²) in [6.07, 6.45) is 1.23. The van der Waals surface area contributed by atoms with Gasteiger partial charge in [0.2, 0.25) is 11.8 Å². The Balaban J connectivity index is 1.41. The number of amides is 2. The number of likely N-dealkylation sites (tertiary alicyclic amines) is 1. The molecule has 0 unspecified atom stereocenters. The van der Waals surface area contributed by atoms with Gasteiger partial charge in [-0.2, -0.15) is 0 Å². The molecule has 0 saturated carbocycles. The van der Waals surface area contributed by atoms with Gasteiger partial charge >= 0.3 is 5.97 Å². The number of fused-ring (bicyclic) bond motifs is 3. The van der Waals surface area contributed by atoms with Gasteiger partial charge in [-0.1, -0.05) is 42.5 Å². The number of imidazole rings is 1. The summed E-state index contributed by atoms with van der Waals surface area (Å²) in [5.74, 6) is 0.291. The predicted molar refractivity (Wildman–Crippen MR) is 135 cm³/mol. The summed E-state index contributed by atoms with van der Waals surface area (Å²) in [6, 6.07) is 16.8. The zero-order valence-electron chi connectivity index (χ0n) is 20.8. The van der Waals surface area contributed by atoms with Crippen molar-refractivity contribution in [1.82, 2.24) is 19.4 Å². The van der Waals surface area contributed by atoms with Crippen LogP contribution >= 0.6 is 0 Å². The van der Waals surface area contributed by atoms with Crippen LogP contribution in [-0.2, 0) is 25.7 Å². The highest BCUT2D eigenvalue weighted by molar-refractivity contribution is 5.91. The van der Waals surface area contributed by atoms with E-state index in [1.807, 2.05) is 71.0 Å². The van der Waals surface area contributed by atoms with Crippen molar-refractivity contribution in [3.8, 4) is 0 Å². The van der Waals surface area contributed by atoms with Gasteiger partial charge in [0.25, 0.3) is 0 Å². The van der Waals surface area contributed by atoms with Crippen molar-refractivity contribution >= 4 is 28.8 Å². The minimum atomic E-state index is -0.664. The van der Waals surface area contributed by atoms with Crippen LogP contribution in [-0.4, -0.2) is 56.8 Å². The van der Waals surface area contributed by atoms with Crippen molar-refractivity contribution in [3.63, 3.8) is 0 Å². The van der Waals surface area contributed by atoms with Gasteiger partial charge in [-0.25, -0.2) is 4.98 Å². The zero-order valence-corrected chi connectivity index (χ0v) is 20.8. The first-order valence-electron chi connectivity index (χ1n) is 12.7. The summed E-state index contributed by atoms with van der Waals surface area (Å²) >= 11 is 0. The monoisotopic (exact) mass is 488 g/mol. The Labute approximate surface area is 210 Å². The number of rotatable bonds is 6. The fourth-order valence-electron chi connectivity index (χ4n) is 5.41. The summed E-state index contributed by atoms with van der Waals surface area (Å²) < 4.78 is 7.12. The third-order valence-corrected chi connectivity index (χ3v) is 7.38. The lowest BCUT2D eigenvalue weighted by Gasteiger charge is -2.39. The molecule has 1 saturated heterocycles. The first-order valence-corrected chi connectivity index (χ1v) is 12.7. The highest BCUT2D eigenvalue weighted by Gasteiger charge is 2.41. The summed E-state index contributed by atoms with van der Waals surface area (Å²) in [5.41, 5.74) is 2.72. The van der Waals surface area contributed by atoms with E-state index in [4.69, 9.17) is 9.72 Å². The van der Waals surface area contributed by atoms with Crippen LogP contribution in [0, 0.1) is 5.92 Å². The van der Waals surface area contributed by atoms with Gasteiger partial charge in [0.1, 0.15) is 11.9 Å². The molecule has 3 heterocycles. The minimum Gasteiger partial charge on any atom is -0.466 e. The van der Waals surface area contributed by atoms with Gasteiger partial charge in [-0.15, -0.1) is 0 Å². The lowest BCUT2D eigenvalue weighted by Crippen LogP contribution is -2.47. The Morgan fingerprint density at radius 2 is 1.72 bits per heavy atom. The third kappa shape index (κ3) is 4.47. The van der Waals surface area contributed by atoms with Gasteiger partial charge in [0.15, 0.2) is 0 Å². The second-order valence-corrected chi connectivity index (χ2v) is 9.58. The number of benzene rings is 2. The fraction of sp³-hybridized carbons (Fsp3) is 0.429. The van der Waals surface area contributed by atoms with E-state index in [0.717, 1.165) is 22.4 Å². The van der Waals surface area contributed by atoms with Crippen LogP contribution in [0.3, 0.4) is 0 Å². The zero-order chi connectivity index (χ0) is 25.2. The summed E-state index contributed by atoms with van der Waals surface area (Å²) in [7, 11) is 0. The first-order chi connectivity index (χ1) is 17.5. The third-order valence-electron chi connectivity index (χ3n) is 7.38. The average Bonchev–Trinajstić information content (AvgIpc) is 3.29. The molecule has 1 aromatic heterocycles. The van der Waals surface area contributed by atoms with Crippen LogP contribution in [0.15, 0.2) is 54.6 Å². The second kappa shape index (κ2) is 10.1. The van der Waals surface area contributed by atoms with Gasteiger partial charge in [-0.05, 0) is 44.4 Å². The number of carbonyl (C=O) groups is 3. The van der Waals surface area contributed by atoms with Crippen LogP contribution in [0.2, 0.25) is 0 Å². The molecule has 8 nitrogen and oxygen atoms in total. The van der Waals surface area contributed by atoms with Crippen molar-refractivity contribution in [3.05, 3.63) is 66.0 Å². The molecule has 2 aliphatic rings. The van der Waals surface area contributed by atoms with E-state index >= 15 is 0 Å². The fourth-order valence-corrected chi connectivity index (χ4v) is 5.41. The number of hydrogen-bond donors (Lipinski definition) is 0. The van der Waals surface area contributed by atoms with E-state index in [2.05, 4.69) is 0 Å². The number of hydrogen-bond acceptors (Lipinski definition) is 5. The van der Waals surface area contributed by atoms with Crippen LogP contribution in [0.5, 0.6) is 0 Å². The number of piperidine rings is 1. The van der Waals surface area contributed by atoms with Crippen molar-refractivity contribution in [2.45, 2.75) is 51.7 Å². The molecule has 188 valence electrons. The molecule has 3 aromatic rings. The Morgan fingerprint density at radius 3 is 2.44 bits per heavy atom. The Hall–Kier alpha value is -3.68. The molecule has 2 aromatic carbocycles. The van der Waals surface area contributed by atoms with Gasteiger partial charge in [-0.3, -0.25) is 14.4 Å². The number of carbonyl (C=O) groups excluding carboxylic acids is 3. The summed E-state index contributed by atoms with van der Waals surface area (Å²) in [4.78, 5) is 47.9. The maximum absolute atomic E-state index is 13.9. The molecule has 36 heavy (non-hydrogen) atoms. The molecular formula is C28H32N4O4. The van der Waals surface area contributed by atoms with Gasteiger partial charge in [0, 0.05) is 19.6 Å². The number of aromatic nitrogens is 2. The van der Waals surface area contributed by atoms with E-state index in [1.165, 1.54) is 0 Å². The molecule has 0 spiro atoms. The molecule has 2 atom stereocenters. The van der Waals surface area contributed by atoms with Crippen molar-refractivity contribution in [1.29, 1.82) is 0 Å². The molecule has 5 rings (SSSR count). The van der Waals surface area contributed by atoms with E-state index in [0.29, 0.717) is 39.1 Å². The number of para-hydroxylation sites is 2. The summed E-state index contributed by atoms with van der Waals surface area (Å²) in [5, 5.41) is 0. The molecule has 2 amide bonds. The van der Waals surface area contributed by atoms with Crippen molar-refractivity contribution in [2.24, 2.45) is 5.92 Å². The van der Waals surface area contributed by atoms with Gasteiger partial charge in [0.05, 0.1) is 36.0 Å². The van der Waals surface area contributed by atoms with Crippen LogP contribution < -0.4 is 0 Å². The SMILES string of the molecule is CCOC(=O)C1CCN(C(=O)C[C@H]2C(=O)N(Cc3ccccc3)[C@H](C)c3nc4ccccc4n32)CC1. The molecular weight excluding hydrogens is 456 g/mol. The first kappa shape index (κ1) is 24.0. The Kier molecular flexibility index (Phi) is 6.76. The van der Waals surface area contributed by atoms with Crippen LogP contribution in [0.4, 0.5) is 0 Å². The lowest BCUT2D eigenvalue weighted by atomic mass is 9.96.